The van der Waals surface area contributed by atoms with Crippen molar-refractivity contribution >= 4 is 35.1 Å². The van der Waals surface area contributed by atoms with Crippen LogP contribution in [-0.2, 0) is 17.4 Å². The number of thioether (sulfide) groups is 1. The predicted molar refractivity (Wildman–Crippen MR) is 116 cm³/mol. The summed E-state index contributed by atoms with van der Waals surface area (Å²) in [4.78, 5) is 24.5. The van der Waals surface area contributed by atoms with E-state index in [-0.39, 0.29) is 16.7 Å². The van der Waals surface area contributed by atoms with Gasteiger partial charge in [0.2, 0.25) is 11.1 Å². The largest absolute Gasteiger partial charge is 0.417 e. The van der Waals surface area contributed by atoms with Crippen LogP contribution in [0.15, 0.2) is 17.4 Å². The molecule has 1 aliphatic heterocycles. The molecule has 2 aromatic rings. The molecule has 1 aliphatic carbocycles. The van der Waals surface area contributed by atoms with Crippen LogP contribution in [0.25, 0.3) is 0 Å². The van der Waals surface area contributed by atoms with Gasteiger partial charge in [-0.1, -0.05) is 49.0 Å². The summed E-state index contributed by atoms with van der Waals surface area (Å²) in [5.74, 6) is 2.06. The Kier molecular flexibility index (Phi) is 7.14. The monoisotopic (exact) mass is 488 g/mol. The van der Waals surface area contributed by atoms with Crippen LogP contribution in [0.3, 0.4) is 0 Å². The second-order valence-electron chi connectivity index (χ2n) is 8.10. The molecule has 1 amide bonds. The molecule has 4 rings (SSSR count). The van der Waals surface area contributed by atoms with Gasteiger partial charge < -0.3 is 9.80 Å². The van der Waals surface area contributed by atoms with Crippen molar-refractivity contribution in [2.75, 3.05) is 36.8 Å². The third-order valence-corrected chi connectivity index (χ3v) is 6.98. The first-order valence-electron chi connectivity index (χ1n) is 10.6. The SMILES string of the molecule is O=C(CSc1n[nH]c(CC2CCCC2)n1)N1CCN(c2ncc(C(F)(F)F)cc2Cl)CC1. The predicted octanol–water partition coefficient (Wildman–Crippen LogP) is 4.05. The molecule has 0 atom stereocenters. The van der Waals surface area contributed by atoms with Gasteiger partial charge in [-0.3, -0.25) is 9.89 Å². The van der Waals surface area contributed by atoms with Crippen LogP contribution < -0.4 is 4.90 Å². The first kappa shape index (κ1) is 23.2. The van der Waals surface area contributed by atoms with Crippen molar-refractivity contribution in [1.29, 1.82) is 0 Å². The normalized spacial score (nSPS) is 17.9. The van der Waals surface area contributed by atoms with Gasteiger partial charge in [-0.05, 0) is 12.0 Å². The number of alkyl halides is 3. The maximum Gasteiger partial charge on any atom is 0.417 e. The van der Waals surface area contributed by atoms with Crippen molar-refractivity contribution in [3.8, 4) is 0 Å². The minimum Gasteiger partial charge on any atom is -0.352 e. The lowest BCUT2D eigenvalue weighted by Gasteiger charge is -2.35. The lowest BCUT2D eigenvalue weighted by Crippen LogP contribution is -2.49. The first-order chi connectivity index (χ1) is 15.3. The Balaban J connectivity index is 1.24. The third kappa shape index (κ3) is 5.67. The lowest BCUT2D eigenvalue weighted by molar-refractivity contribution is -0.137. The average Bonchev–Trinajstić information content (AvgIpc) is 3.44. The van der Waals surface area contributed by atoms with Gasteiger partial charge in [-0.25, -0.2) is 9.97 Å². The number of hydrogen-bond donors (Lipinski definition) is 1. The maximum absolute atomic E-state index is 12.8. The fraction of sp³-hybridized carbons (Fsp3) is 0.600. The molecule has 0 radical (unpaired) electrons. The van der Waals surface area contributed by atoms with Gasteiger partial charge in [-0.2, -0.15) is 13.2 Å². The number of hydrogen-bond acceptors (Lipinski definition) is 6. The maximum atomic E-state index is 12.8. The first-order valence-corrected chi connectivity index (χ1v) is 12.0. The van der Waals surface area contributed by atoms with E-state index in [0.717, 1.165) is 24.5 Å². The van der Waals surface area contributed by atoms with E-state index < -0.39 is 11.7 Å². The number of halogens is 4. The fourth-order valence-electron chi connectivity index (χ4n) is 4.13. The number of nitrogens with zero attached hydrogens (tertiary/aromatic N) is 5. The molecule has 12 heteroatoms. The smallest absolute Gasteiger partial charge is 0.352 e. The minimum atomic E-state index is -4.49. The van der Waals surface area contributed by atoms with Gasteiger partial charge in [0, 0.05) is 38.8 Å². The molecule has 32 heavy (non-hydrogen) atoms. The second kappa shape index (κ2) is 9.86. The molecule has 1 saturated carbocycles. The van der Waals surface area contributed by atoms with E-state index in [1.54, 1.807) is 9.80 Å². The molecule has 3 heterocycles. The van der Waals surface area contributed by atoms with Crippen molar-refractivity contribution in [2.45, 2.75) is 43.4 Å². The molecule has 174 valence electrons. The zero-order valence-corrected chi connectivity index (χ0v) is 18.9. The molecule has 1 saturated heterocycles. The Morgan fingerprint density at radius 3 is 2.59 bits per heavy atom. The summed E-state index contributed by atoms with van der Waals surface area (Å²) in [6.45, 7) is 1.78. The Bertz CT molecular complexity index is 942. The van der Waals surface area contributed by atoms with Crippen LogP contribution in [0.1, 0.15) is 37.1 Å². The number of rotatable bonds is 6. The van der Waals surface area contributed by atoms with E-state index >= 15 is 0 Å². The number of pyridine rings is 1. The highest BCUT2D eigenvalue weighted by molar-refractivity contribution is 7.99. The van der Waals surface area contributed by atoms with Gasteiger partial charge in [0.15, 0.2) is 0 Å². The quantitative estimate of drug-likeness (QED) is 0.618. The summed E-state index contributed by atoms with van der Waals surface area (Å²) < 4.78 is 38.4. The lowest BCUT2D eigenvalue weighted by atomic mass is 10.0. The topological polar surface area (TPSA) is 78.0 Å². The summed E-state index contributed by atoms with van der Waals surface area (Å²) in [5.41, 5.74) is -0.879. The van der Waals surface area contributed by atoms with E-state index in [4.69, 9.17) is 11.6 Å². The van der Waals surface area contributed by atoms with Crippen molar-refractivity contribution < 1.29 is 18.0 Å². The van der Waals surface area contributed by atoms with Crippen LogP contribution in [0.4, 0.5) is 19.0 Å². The highest BCUT2D eigenvalue weighted by Gasteiger charge is 2.32. The highest BCUT2D eigenvalue weighted by atomic mass is 35.5. The number of carbonyl (C=O) groups excluding carboxylic acids is 1. The molecule has 0 unspecified atom stereocenters. The molecule has 7 nitrogen and oxygen atoms in total. The number of piperazine rings is 1. The van der Waals surface area contributed by atoms with Crippen molar-refractivity contribution in [3.63, 3.8) is 0 Å². The third-order valence-electron chi connectivity index (χ3n) is 5.87. The van der Waals surface area contributed by atoms with Crippen molar-refractivity contribution in [1.82, 2.24) is 25.1 Å². The zero-order chi connectivity index (χ0) is 22.7. The Labute approximate surface area is 193 Å². The molecule has 2 fully saturated rings. The minimum absolute atomic E-state index is 0.0248. The molecule has 0 spiro atoms. The highest BCUT2D eigenvalue weighted by Crippen LogP contribution is 2.34. The van der Waals surface area contributed by atoms with Crippen molar-refractivity contribution in [3.05, 3.63) is 28.7 Å². The van der Waals surface area contributed by atoms with Gasteiger partial charge in [0.1, 0.15) is 11.6 Å². The number of amides is 1. The van der Waals surface area contributed by atoms with Gasteiger partial charge in [-0.15, -0.1) is 5.10 Å². The van der Waals surface area contributed by atoms with E-state index in [1.807, 2.05) is 0 Å². The number of nitrogens with one attached hydrogen (secondary N) is 1. The van der Waals surface area contributed by atoms with E-state index in [2.05, 4.69) is 20.2 Å². The van der Waals surface area contributed by atoms with Crippen LogP contribution >= 0.6 is 23.4 Å². The summed E-state index contributed by atoms with van der Waals surface area (Å²) in [5, 5.41) is 7.71. The van der Waals surface area contributed by atoms with Crippen molar-refractivity contribution in [2.24, 2.45) is 5.92 Å². The molecular formula is C20H24ClF3N6OS. The number of aromatic amines is 1. The van der Waals surface area contributed by atoms with Crippen LogP contribution in [0.5, 0.6) is 0 Å². The number of anilines is 1. The van der Waals surface area contributed by atoms with Crippen LogP contribution in [0, 0.1) is 5.92 Å². The molecule has 2 aliphatic rings. The number of aromatic nitrogens is 4. The summed E-state index contributed by atoms with van der Waals surface area (Å²) in [7, 11) is 0. The average molecular weight is 489 g/mol. The Hall–Kier alpha value is -2.01. The fourth-order valence-corrected chi connectivity index (χ4v) is 5.13. The van der Waals surface area contributed by atoms with E-state index in [1.165, 1.54) is 37.4 Å². The van der Waals surface area contributed by atoms with Crippen LogP contribution in [-0.4, -0.2) is 62.9 Å². The molecular weight excluding hydrogens is 465 g/mol. The molecule has 0 bridgehead atoms. The van der Waals surface area contributed by atoms with Gasteiger partial charge in [0.05, 0.1) is 16.3 Å². The summed E-state index contributed by atoms with van der Waals surface area (Å²) in [6.07, 6.45) is 2.24. The molecule has 1 N–H and O–H groups in total. The van der Waals surface area contributed by atoms with Gasteiger partial charge in [0.25, 0.3) is 0 Å². The molecule has 0 aromatic carbocycles. The Morgan fingerprint density at radius 1 is 1.22 bits per heavy atom. The number of H-pyrrole nitrogens is 1. The van der Waals surface area contributed by atoms with Gasteiger partial charge >= 0.3 is 6.18 Å². The molecule has 2 aromatic heterocycles. The second-order valence-corrected chi connectivity index (χ2v) is 9.45. The van der Waals surface area contributed by atoms with E-state index in [0.29, 0.717) is 43.1 Å². The number of carbonyl (C=O) groups is 1. The summed E-state index contributed by atoms with van der Waals surface area (Å²) >= 11 is 7.34. The summed E-state index contributed by atoms with van der Waals surface area (Å²) in [6, 6.07) is 0.885. The standard InChI is InChI=1S/C20H24ClF3N6OS/c21-15-10-14(20(22,23)24)11-25-18(15)30-7-5-29(6-8-30)17(31)12-32-19-26-16(27-28-19)9-13-3-1-2-4-13/h10-11,13H,1-9,12H2,(H,26,27,28). The van der Waals surface area contributed by atoms with Crippen LogP contribution in [0.2, 0.25) is 5.02 Å². The Morgan fingerprint density at radius 2 is 1.94 bits per heavy atom. The van der Waals surface area contributed by atoms with E-state index in [9.17, 15) is 18.0 Å². The zero-order valence-electron chi connectivity index (χ0n) is 17.4.